The average Bonchev–Trinajstić information content (AvgIpc) is 2.76. The lowest BCUT2D eigenvalue weighted by Gasteiger charge is -2.24. The van der Waals surface area contributed by atoms with Crippen molar-refractivity contribution in [2.45, 2.75) is 38.3 Å². The average molecular weight is 198 g/mol. The Morgan fingerprint density at radius 2 is 2.50 bits per heavy atom. The van der Waals surface area contributed by atoms with Gasteiger partial charge in [0.2, 0.25) is 0 Å². The molecule has 0 aliphatic carbocycles. The highest BCUT2D eigenvalue weighted by Gasteiger charge is 2.30. The molecule has 0 bridgehead atoms. The topological polar surface area (TPSA) is 41.6 Å². The second-order valence-electron chi connectivity index (χ2n) is 4.07. The van der Waals surface area contributed by atoms with Gasteiger partial charge in [-0.1, -0.05) is 6.92 Å². The highest BCUT2D eigenvalue weighted by molar-refractivity contribution is 5.69. The van der Waals surface area contributed by atoms with Gasteiger partial charge >= 0.3 is 6.09 Å². The van der Waals surface area contributed by atoms with E-state index in [9.17, 15) is 4.79 Å². The van der Waals surface area contributed by atoms with E-state index in [1.54, 1.807) is 0 Å². The van der Waals surface area contributed by atoms with Crippen LogP contribution in [0.25, 0.3) is 0 Å². The lowest BCUT2D eigenvalue weighted by Crippen LogP contribution is -2.33. The zero-order chi connectivity index (χ0) is 9.97. The minimum absolute atomic E-state index is 0.0969. The molecular formula is C10H18N2O2. The number of nitrogens with one attached hydrogen (secondary N) is 1. The lowest BCUT2D eigenvalue weighted by atomic mass is 10.1. The highest BCUT2D eigenvalue weighted by atomic mass is 16.6. The van der Waals surface area contributed by atoms with E-state index >= 15 is 0 Å². The molecule has 1 amide bonds. The number of rotatable bonds is 3. The van der Waals surface area contributed by atoms with Gasteiger partial charge in [-0.3, -0.25) is 0 Å². The molecule has 2 heterocycles. The Balaban J connectivity index is 1.81. The largest absolute Gasteiger partial charge is 0.444 e. The third-order valence-corrected chi connectivity index (χ3v) is 3.19. The molecule has 1 N–H and O–H groups in total. The molecule has 4 heteroatoms. The van der Waals surface area contributed by atoms with Gasteiger partial charge in [-0.05, 0) is 25.9 Å². The van der Waals surface area contributed by atoms with E-state index in [0.29, 0.717) is 12.6 Å². The molecule has 0 aromatic heterocycles. The molecule has 0 aromatic rings. The molecule has 2 saturated heterocycles. The molecule has 2 fully saturated rings. The van der Waals surface area contributed by atoms with E-state index < -0.39 is 0 Å². The smallest absolute Gasteiger partial charge is 0.407 e. The van der Waals surface area contributed by atoms with E-state index in [1.165, 1.54) is 19.4 Å². The molecule has 14 heavy (non-hydrogen) atoms. The molecule has 2 unspecified atom stereocenters. The summed E-state index contributed by atoms with van der Waals surface area (Å²) in [5.41, 5.74) is 0. The Hall–Kier alpha value is -0.770. The second kappa shape index (κ2) is 4.17. The Bertz CT molecular complexity index is 220. The van der Waals surface area contributed by atoms with Gasteiger partial charge in [-0.2, -0.15) is 0 Å². The molecule has 0 radical (unpaired) electrons. The van der Waals surface area contributed by atoms with Crippen molar-refractivity contribution in [2.75, 3.05) is 19.6 Å². The number of likely N-dealkylation sites (tertiary alicyclic amines) is 1. The molecule has 0 spiro atoms. The Morgan fingerprint density at radius 3 is 3.14 bits per heavy atom. The van der Waals surface area contributed by atoms with Crippen LogP contribution in [0.4, 0.5) is 4.79 Å². The Kier molecular flexibility index (Phi) is 2.91. The fourth-order valence-electron chi connectivity index (χ4n) is 2.45. The number of carbonyl (C=O) groups excluding carboxylic acids is 1. The van der Waals surface area contributed by atoms with Crippen molar-refractivity contribution < 1.29 is 9.53 Å². The van der Waals surface area contributed by atoms with Crippen LogP contribution < -0.4 is 5.32 Å². The molecule has 2 atom stereocenters. The summed E-state index contributed by atoms with van der Waals surface area (Å²) in [6.45, 7) is 5.19. The van der Waals surface area contributed by atoms with Crippen LogP contribution in [0, 0.1) is 0 Å². The summed E-state index contributed by atoms with van der Waals surface area (Å²) < 4.78 is 5.14. The van der Waals surface area contributed by atoms with Gasteiger partial charge < -0.3 is 15.0 Å². The van der Waals surface area contributed by atoms with Gasteiger partial charge in [0, 0.05) is 12.5 Å². The first-order valence-corrected chi connectivity index (χ1v) is 5.48. The number of nitrogens with zero attached hydrogens (tertiary/aromatic N) is 1. The number of carbonyl (C=O) groups is 1. The van der Waals surface area contributed by atoms with E-state index in [4.69, 9.17) is 4.74 Å². The SMILES string of the molecule is CCN1CCCC1CC1CNC(=O)O1. The summed E-state index contributed by atoms with van der Waals surface area (Å²) in [5.74, 6) is 0. The van der Waals surface area contributed by atoms with E-state index in [-0.39, 0.29) is 12.2 Å². The molecular weight excluding hydrogens is 180 g/mol. The molecule has 4 nitrogen and oxygen atoms in total. The number of cyclic esters (lactones) is 1. The Labute approximate surface area is 84.6 Å². The van der Waals surface area contributed by atoms with Gasteiger partial charge in [-0.25, -0.2) is 4.79 Å². The summed E-state index contributed by atoms with van der Waals surface area (Å²) in [7, 11) is 0. The van der Waals surface area contributed by atoms with Gasteiger partial charge in [0.15, 0.2) is 0 Å². The van der Waals surface area contributed by atoms with Crippen LogP contribution >= 0.6 is 0 Å². The van der Waals surface area contributed by atoms with Crippen LogP contribution in [-0.2, 0) is 4.74 Å². The quantitative estimate of drug-likeness (QED) is 0.734. The predicted molar refractivity (Wildman–Crippen MR) is 53.2 cm³/mol. The molecule has 2 aliphatic rings. The Morgan fingerprint density at radius 1 is 1.64 bits per heavy atom. The number of ether oxygens (including phenoxy) is 1. The van der Waals surface area contributed by atoms with Crippen molar-refractivity contribution >= 4 is 6.09 Å². The second-order valence-corrected chi connectivity index (χ2v) is 4.07. The van der Waals surface area contributed by atoms with Crippen molar-refractivity contribution in [1.82, 2.24) is 10.2 Å². The molecule has 0 saturated carbocycles. The number of amides is 1. The van der Waals surface area contributed by atoms with Gasteiger partial charge in [0.05, 0.1) is 6.54 Å². The third kappa shape index (κ3) is 2.00. The number of hydrogen-bond acceptors (Lipinski definition) is 3. The van der Waals surface area contributed by atoms with Crippen molar-refractivity contribution in [1.29, 1.82) is 0 Å². The predicted octanol–water partition coefficient (Wildman–Crippen LogP) is 0.969. The summed E-state index contributed by atoms with van der Waals surface area (Å²) in [4.78, 5) is 13.3. The fourth-order valence-corrected chi connectivity index (χ4v) is 2.45. The highest BCUT2D eigenvalue weighted by Crippen LogP contribution is 2.22. The van der Waals surface area contributed by atoms with E-state index in [1.807, 2.05) is 0 Å². The van der Waals surface area contributed by atoms with Crippen LogP contribution in [0.15, 0.2) is 0 Å². The first-order valence-electron chi connectivity index (χ1n) is 5.48. The summed E-state index contributed by atoms with van der Waals surface area (Å²) in [5, 5.41) is 2.70. The summed E-state index contributed by atoms with van der Waals surface area (Å²) in [6, 6.07) is 0.623. The van der Waals surface area contributed by atoms with Crippen LogP contribution in [0.1, 0.15) is 26.2 Å². The van der Waals surface area contributed by atoms with E-state index in [2.05, 4.69) is 17.1 Å². The van der Waals surface area contributed by atoms with Crippen molar-refractivity contribution in [3.8, 4) is 0 Å². The first kappa shape index (κ1) is 9.77. The maximum Gasteiger partial charge on any atom is 0.407 e. The fraction of sp³-hybridized carbons (Fsp3) is 0.900. The zero-order valence-electron chi connectivity index (χ0n) is 8.66. The normalized spacial score (nSPS) is 33.1. The van der Waals surface area contributed by atoms with Gasteiger partial charge in [-0.15, -0.1) is 0 Å². The van der Waals surface area contributed by atoms with Crippen LogP contribution in [0.5, 0.6) is 0 Å². The summed E-state index contributed by atoms with van der Waals surface area (Å²) in [6.07, 6.45) is 3.37. The van der Waals surface area contributed by atoms with Crippen molar-refractivity contribution in [3.05, 3.63) is 0 Å². The third-order valence-electron chi connectivity index (χ3n) is 3.19. The van der Waals surface area contributed by atoms with Crippen LogP contribution in [0.2, 0.25) is 0 Å². The van der Waals surface area contributed by atoms with E-state index in [0.717, 1.165) is 13.0 Å². The van der Waals surface area contributed by atoms with Crippen LogP contribution in [-0.4, -0.2) is 42.8 Å². The lowest BCUT2D eigenvalue weighted by molar-refractivity contribution is 0.115. The number of hydrogen-bond donors (Lipinski definition) is 1. The minimum atomic E-state index is -0.254. The maximum absolute atomic E-state index is 10.8. The molecule has 80 valence electrons. The maximum atomic E-state index is 10.8. The van der Waals surface area contributed by atoms with Gasteiger partial charge in [0.1, 0.15) is 6.10 Å². The molecule has 0 aromatic carbocycles. The standard InChI is InChI=1S/C10H18N2O2/c1-2-12-5-3-4-8(12)6-9-7-11-10(13)14-9/h8-9H,2-7H2,1H3,(H,11,13). The summed E-state index contributed by atoms with van der Waals surface area (Å²) >= 11 is 0. The first-order chi connectivity index (χ1) is 6.79. The monoisotopic (exact) mass is 198 g/mol. The van der Waals surface area contributed by atoms with Crippen molar-refractivity contribution in [3.63, 3.8) is 0 Å². The molecule has 2 rings (SSSR count). The van der Waals surface area contributed by atoms with Gasteiger partial charge in [0.25, 0.3) is 0 Å². The van der Waals surface area contributed by atoms with Crippen molar-refractivity contribution in [2.24, 2.45) is 0 Å². The van der Waals surface area contributed by atoms with Crippen LogP contribution in [0.3, 0.4) is 0 Å². The number of alkyl carbamates (subject to hydrolysis) is 1. The molecule has 2 aliphatic heterocycles. The minimum Gasteiger partial charge on any atom is -0.444 e. The zero-order valence-corrected chi connectivity index (χ0v) is 8.66.